The lowest BCUT2D eigenvalue weighted by molar-refractivity contribution is -0.114. The van der Waals surface area contributed by atoms with E-state index in [-0.39, 0.29) is 17.9 Å². The van der Waals surface area contributed by atoms with Gasteiger partial charge in [-0.05, 0) is 63.0 Å². The van der Waals surface area contributed by atoms with Crippen LogP contribution < -0.4 is 15.4 Å². The highest BCUT2D eigenvalue weighted by Crippen LogP contribution is 2.33. The number of fused-ring (bicyclic) bond motifs is 3. The van der Waals surface area contributed by atoms with Gasteiger partial charge in [-0.15, -0.1) is 0 Å². The fourth-order valence-corrected chi connectivity index (χ4v) is 4.79. The quantitative estimate of drug-likeness (QED) is 0.806. The van der Waals surface area contributed by atoms with Gasteiger partial charge in [0, 0.05) is 24.7 Å². The molecule has 2 aromatic rings. The highest BCUT2D eigenvalue weighted by Gasteiger charge is 2.40. The Morgan fingerprint density at radius 1 is 1.21 bits per heavy atom. The van der Waals surface area contributed by atoms with Crippen molar-refractivity contribution in [2.75, 3.05) is 18.4 Å². The Hall–Kier alpha value is -2.45. The van der Waals surface area contributed by atoms with Gasteiger partial charge in [0.1, 0.15) is 5.75 Å². The molecule has 1 aromatic heterocycles. The van der Waals surface area contributed by atoms with Crippen molar-refractivity contribution in [3.8, 4) is 10.8 Å². The summed E-state index contributed by atoms with van der Waals surface area (Å²) in [5, 5.41) is 6.86. The van der Waals surface area contributed by atoms with Crippen molar-refractivity contribution < 1.29 is 14.3 Å². The first kappa shape index (κ1) is 18.9. The normalized spacial score (nSPS) is 25.9. The molecule has 148 valence electrons. The molecule has 1 aromatic carbocycles. The Kier molecular flexibility index (Phi) is 5.32. The summed E-state index contributed by atoms with van der Waals surface area (Å²) in [7, 11) is 0. The number of anilines is 1. The smallest absolute Gasteiger partial charge is 0.280 e. The van der Waals surface area contributed by atoms with E-state index in [2.05, 4.69) is 27.4 Å². The fourth-order valence-electron chi connectivity index (χ4n) is 4.10. The third-order valence-electron chi connectivity index (χ3n) is 5.55. The number of hydrogen-bond donors (Lipinski definition) is 2. The van der Waals surface area contributed by atoms with E-state index >= 15 is 0 Å². The van der Waals surface area contributed by atoms with Crippen LogP contribution in [0.15, 0.2) is 30.5 Å². The molecule has 2 amide bonds. The van der Waals surface area contributed by atoms with E-state index in [1.54, 1.807) is 30.5 Å². The number of nitrogens with one attached hydrogen (secondary N) is 2. The SMILES string of the molecule is CC(=O)Nc1ccc(Oc2cnc(C(=O)NC3C4CCN(CC4)C3C)s2)cc1. The second-order valence-electron chi connectivity index (χ2n) is 7.41. The molecule has 4 heterocycles. The molecule has 0 radical (unpaired) electrons. The molecule has 5 rings (SSSR count). The van der Waals surface area contributed by atoms with Crippen LogP contribution in [0.1, 0.15) is 36.5 Å². The van der Waals surface area contributed by atoms with Gasteiger partial charge in [-0.2, -0.15) is 0 Å². The van der Waals surface area contributed by atoms with Crippen molar-refractivity contribution in [1.82, 2.24) is 15.2 Å². The van der Waals surface area contributed by atoms with Crippen LogP contribution in [0.25, 0.3) is 0 Å². The standard InChI is InChI=1S/C20H24N4O3S/c1-12-18(14-7-9-24(12)10-8-14)23-19(26)20-21-11-17(28-20)27-16-5-3-15(4-6-16)22-13(2)25/h3-6,11-12,14,18H,7-10H2,1-2H3,(H,22,25)(H,23,26). The molecule has 2 unspecified atom stereocenters. The largest absolute Gasteiger partial charge is 0.445 e. The minimum atomic E-state index is -0.133. The second kappa shape index (κ2) is 7.89. The van der Waals surface area contributed by atoms with E-state index in [1.807, 2.05) is 0 Å². The predicted octanol–water partition coefficient (Wildman–Crippen LogP) is 3.11. The number of aromatic nitrogens is 1. The van der Waals surface area contributed by atoms with Gasteiger partial charge in [-0.3, -0.25) is 14.5 Å². The topological polar surface area (TPSA) is 83.6 Å². The number of carbonyl (C=O) groups is 2. The monoisotopic (exact) mass is 400 g/mol. The van der Waals surface area contributed by atoms with Gasteiger partial charge in [0.2, 0.25) is 11.0 Å². The molecule has 2 atom stereocenters. The number of ether oxygens (including phenoxy) is 1. The van der Waals surface area contributed by atoms with Crippen LogP contribution in [0.4, 0.5) is 5.69 Å². The van der Waals surface area contributed by atoms with Gasteiger partial charge in [-0.1, -0.05) is 11.3 Å². The average molecular weight is 401 g/mol. The Morgan fingerprint density at radius 3 is 2.57 bits per heavy atom. The number of benzene rings is 1. The van der Waals surface area contributed by atoms with Gasteiger partial charge >= 0.3 is 0 Å². The van der Waals surface area contributed by atoms with E-state index in [4.69, 9.17) is 4.74 Å². The fraction of sp³-hybridized carbons (Fsp3) is 0.450. The van der Waals surface area contributed by atoms with Gasteiger partial charge in [0.15, 0.2) is 5.01 Å². The van der Waals surface area contributed by atoms with Crippen molar-refractivity contribution in [3.63, 3.8) is 0 Å². The first-order valence-electron chi connectivity index (χ1n) is 9.56. The molecule has 2 bridgehead atoms. The molecule has 3 fully saturated rings. The minimum absolute atomic E-state index is 0.121. The summed E-state index contributed by atoms with van der Waals surface area (Å²) in [6, 6.07) is 7.61. The number of amides is 2. The molecular weight excluding hydrogens is 376 g/mol. The van der Waals surface area contributed by atoms with Crippen molar-refractivity contribution in [1.29, 1.82) is 0 Å². The number of hydrogen-bond acceptors (Lipinski definition) is 6. The maximum absolute atomic E-state index is 12.7. The van der Waals surface area contributed by atoms with E-state index in [1.165, 1.54) is 18.3 Å². The summed E-state index contributed by atoms with van der Waals surface area (Å²) in [6.45, 7) is 5.92. The lowest BCUT2D eigenvalue weighted by atomic mass is 9.79. The highest BCUT2D eigenvalue weighted by atomic mass is 32.1. The molecule has 3 aliphatic heterocycles. The van der Waals surface area contributed by atoms with Gasteiger partial charge in [0.05, 0.1) is 6.20 Å². The third kappa shape index (κ3) is 4.02. The minimum Gasteiger partial charge on any atom is -0.445 e. The molecule has 0 saturated carbocycles. The average Bonchev–Trinajstić information content (AvgIpc) is 3.15. The van der Waals surface area contributed by atoms with Crippen molar-refractivity contribution >= 4 is 28.8 Å². The van der Waals surface area contributed by atoms with E-state index in [9.17, 15) is 9.59 Å². The molecule has 3 saturated heterocycles. The second-order valence-corrected chi connectivity index (χ2v) is 8.40. The zero-order valence-corrected chi connectivity index (χ0v) is 16.8. The molecular formula is C20H24N4O3S. The summed E-state index contributed by atoms with van der Waals surface area (Å²) < 4.78 is 5.78. The first-order valence-corrected chi connectivity index (χ1v) is 10.4. The lowest BCUT2D eigenvalue weighted by Gasteiger charge is -2.49. The summed E-state index contributed by atoms with van der Waals surface area (Å²) in [5.74, 6) is 0.924. The van der Waals surface area contributed by atoms with Gasteiger partial charge in [-0.25, -0.2) is 4.98 Å². The van der Waals surface area contributed by atoms with Crippen molar-refractivity contribution in [2.24, 2.45) is 5.92 Å². The van der Waals surface area contributed by atoms with Crippen LogP contribution in [0, 0.1) is 5.92 Å². The third-order valence-corrected chi connectivity index (χ3v) is 6.42. The van der Waals surface area contributed by atoms with Crippen LogP contribution in [-0.4, -0.2) is 46.9 Å². The maximum atomic E-state index is 12.7. The van der Waals surface area contributed by atoms with Crippen LogP contribution >= 0.6 is 11.3 Å². The van der Waals surface area contributed by atoms with E-state index in [0.29, 0.717) is 33.5 Å². The maximum Gasteiger partial charge on any atom is 0.280 e. The molecule has 2 N–H and O–H groups in total. The Labute approximate surface area is 168 Å². The zero-order chi connectivity index (χ0) is 19.7. The van der Waals surface area contributed by atoms with Gasteiger partial charge < -0.3 is 15.4 Å². The summed E-state index contributed by atoms with van der Waals surface area (Å²) in [5.41, 5.74) is 0.705. The molecule has 8 heteroatoms. The number of piperidine rings is 3. The molecule has 3 aliphatic rings. The van der Waals surface area contributed by atoms with Crippen molar-refractivity contribution in [3.05, 3.63) is 35.5 Å². The predicted molar refractivity (Wildman–Crippen MR) is 108 cm³/mol. The molecule has 0 spiro atoms. The number of nitrogens with zero attached hydrogens (tertiary/aromatic N) is 2. The van der Waals surface area contributed by atoms with E-state index < -0.39 is 0 Å². The summed E-state index contributed by atoms with van der Waals surface area (Å²) in [4.78, 5) is 30.4. The highest BCUT2D eigenvalue weighted by molar-refractivity contribution is 7.15. The number of rotatable bonds is 5. The Bertz CT molecular complexity index is 857. The Balaban J connectivity index is 1.37. The molecule has 7 nitrogen and oxygen atoms in total. The lowest BCUT2D eigenvalue weighted by Crippen LogP contribution is -2.62. The van der Waals surface area contributed by atoms with Crippen LogP contribution in [0.3, 0.4) is 0 Å². The Morgan fingerprint density at radius 2 is 1.93 bits per heavy atom. The van der Waals surface area contributed by atoms with Crippen molar-refractivity contribution in [2.45, 2.75) is 38.8 Å². The van der Waals surface area contributed by atoms with Crippen LogP contribution in [0.5, 0.6) is 10.8 Å². The summed E-state index contributed by atoms with van der Waals surface area (Å²) in [6.07, 6.45) is 3.87. The van der Waals surface area contributed by atoms with Crippen LogP contribution in [0.2, 0.25) is 0 Å². The zero-order valence-electron chi connectivity index (χ0n) is 16.0. The number of thiazole rings is 1. The number of carbonyl (C=O) groups excluding carboxylic acids is 2. The first-order chi connectivity index (χ1) is 13.5. The molecule has 0 aliphatic carbocycles. The van der Waals surface area contributed by atoms with Gasteiger partial charge in [0.25, 0.3) is 5.91 Å². The molecule has 28 heavy (non-hydrogen) atoms. The van der Waals surface area contributed by atoms with E-state index in [0.717, 1.165) is 25.9 Å². The summed E-state index contributed by atoms with van der Waals surface area (Å²) >= 11 is 1.23. The van der Waals surface area contributed by atoms with Crippen LogP contribution in [-0.2, 0) is 4.79 Å².